The molecule has 0 aromatic rings. The maximum absolute atomic E-state index is 3.94. The SMILES string of the molecule is C=CCCC1=C(C(C)(CC)C(C)CC)C2C=C2C2CC12. The summed E-state index contributed by atoms with van der Waals surface area (Å²) in [5.74, 6) is 3.40. The molecule has 5 unspecified atom stereocenters. The van der Waals surface area contributed by atoms with Crippen molar-refractivity contribution in [1.82, 2.24) is 0 Å². The topological polar surface area (TPSA) is 0 Å². The summed E-state index contributed by atoms with van der Waals surface area (Å²) in [6.07, 6.45) is 11.1. The molecule has 5 atom stereocenters. The molecule has 0 nitrogen and oxygen atoms in total. The maximum atomic E-state index is 3.94. The second kappa shape index (κ2) is 4.90. The second-order valence-electron chi connectivity index (χ2n) is 7.44. The molecule has 0 heteroatoms. The number of hydrogen-bond acceptors (Lipinski definition) is 0. The Balaban J connectivity index is 1.99. The molecular weight excluding hydrogens is 240 g/mol. The van der Waals surface area contributed by atoms with E-state index in [1.807, 2.05) is 11.1 Å². The minimum absolute atomic E-state index is 0.404. The highest BCUT2D eigenvalue weighted by Crippen LogP contribution is 2.67. The van der Waals surface area contributed by atoms with Gasteiger partial charge >= 0.3 is 0 Å². The summed E-state index contributed by atoms with van der Waals surface area (Å²) in [6.45, 7) is 13.7. The van der Waals surface area contributed by atoms with Gasteiger partial charge in [-0.25, -0.2) is 0 Å². The molecule has 0 N–H and O–H groups in total. The molecule has 0 bridgehead atoms. The highest BCUT2D eigenvalue weighted by atomic mass is 14.6. The first kappa shape index (κ1) is 14.2. The predicted octanol–water partition coefficient (Wildman–Crippen LogP) is 5.92. The average molecular weight is 270 g/mol. The summed E-state index contributed by atoms with van der Waals surface area (Å²) in [5.41, 5.74) is 5.88. The van der Waals surface area contributed by atoms with Crippen LogP contribution in [0.4, 0.5) is 0 Å². The van der Waals surface area contributed by atoms with E-state index in [9.17, 15) is 0 Å². The Morgan fingerprint density at radius 3 is 2.75 bits per heavy atom. The minimum atomic E-state index is 0.404. The molecule has 1 saturated carbocycles. The van der Waals surface area contributed by atoms with Crippen LogP contribution in [0.15, 0.2) is 35.5 Å². The predicted molar refractivity (Wildman–Crippen MR) is 87.5 cm³/mol. The molecule has 0 aromatic heterocycles. The van der Waals surface area contributed by atoms with Gasteiger partial charge in [-0.15, -0.1) is 6.58 Å². The number of hydrogen-bond donors (Lipinski definition) is 0. The summed E-state index contributed by atoms with van der Waals surface area (Å²) < 4.78 is 0. The first-order chi connectivity index (χ1) is 9.58. The molecule has 3 aliphatic rings. The molecule has 0 heterocycles. The van der Waals surface area contributed by atoms with Gasteiger partial charge < -0.3 is 0 Å². The van der Waals surface area contributed by atoms with E-state index < -0.39 is 0 Å². The lowest BCUT2D eigenvalue weighted by Crippen LogP contribution is -2.31. The molecule has 0 radical (unpaired) electrons. The van der Waals surface area contributed by atoms with Crippen LogP contribution in [0.2, 0.25) is 0 Å². The van der Waals surface area contributed by atoms with Crippen LogP contribution in [0.3, 0.4) is 0 Å². The molecule has 0 spiro atoms. The number of rotatable bonds is 7. The molecule has 0 amide bonds. The van der Waals surface area contributed by atoms with Crippen LogP contribution in [-0.2, 0) is 0 Å². The van der Waals surface area contributed by atoms with Crippen molar-refractivity contribution < 1.29 is 0 Å². The Hall–Kier alpha value is -0.780. The van der Waals surface area contributed by atoms with E-state index in [1.54, 1.807) is 5.57 Å². The van der Waals surface area contributed by atoms with Gasteiger partial charge in [0.05, 0.1) is 0 Å². The van der Waals surface area contributed by atoms with E-state index in [4.69, 9.17) is 0 Å². The van der Waals surface area contributed by atoms with Crippen molar-refractivity contribution >= 4 is 0 Å². The molecule has 3 aliphatic carbocycles. The van der Waals surface area contributed by atoms with Gasteiger partial charge in [0.15, 0.2) is 0 Å². The van der Waals surface area contributed by atoms with Gasteiger partial charge in [-0.2, -0.15) is 0 Å². The first-order valence-electron chi connectivity index (χ1n) is 8.64. The van der Waals surface area contributed by atoms with E-state index in [-0.39, 0.29) is 0 Å². The number of fused-ring (bicyclic) bond motifs is 3. The van der Waals surface area contributed by atoms with Gasteiger partial charge in [0.25, 0.3) is 0 Å². The van der Waals surface area contributed by atoms with Crippen molar-refractivity contribution in [2.45, 2.75) is 59.8 Å². The van der Waals surface area contributed by atoms with Gasteiger partial charge in [-0.1, -0.05) is 63.0 Å². The molecule has 1 fully saturated rings. The molecule has 110 valence electrons. The fourth-order valence-corrected chi connectivity index (χ4v) is 4.65. The average Bonchev–Trinajstić information content (AvgIpc) is 3.33. The Kier molecular flexibility index (Phi) is 3.47. The van der Waals surface area contributed by atoms with Gasteiger partial charge in [0, 0.05) is 5.92 Å². The van der Waals surface area contributed by atoms with Gasteiger partial charge in [0.1, 0.15) is 0 Å². The fourth-order valence-electron chi connectivity index (χ4n) is 4.65. The number of allylic oxidation sites excluding steroid dienone is 5. The standard InChI is InChI=1S/C20H30/c1-6-9-10-14-15-11-16(15)17-12-18(17)19(14)20(5,8-3)13(4)7-2/h6,12-13,15-16,18H,1,7-11H2,2-5H3. The smallest absolute Gasteiger partial charge is 0.0201 e. The zero-order valence-corrected chi connectivity index (χ0v) is 13.7. The Morgan fingerprint density at radius 1 is 1.40 bits per heavy atom. The van der Waals surface area contributed by atoms with Crippen molar-refractivity contribution in [3.05, 3.63) is 35.5 Å². The zero-order chi connectivity index (χ0) is 14.5. The summed E-state index contributed by atoms with van der Waals surface area (Å²) in [7, 11) is 0. The van der Waals surface area contributed by atoms with Gasteiger partial charge in [-0.3, -0.25) is 0 Å². The summed E-state index contributed by atoms with van der Waals surface area (Å²) in [4.78, 5) is 0. The third-order valence-electron chi connectivity index (χ3n) is 6.60. The van der Waals surface area contributed by atoms with E-state index in [2.05, 4.69) is 46.4 Å². The lowest BCUT2D eigenvalue weighted by Gasteiger charge is -2.41. The molecule has 20 heavy (non-hydrogen) atoms. The van der Waals surface area contributed by atoms with E-state index in [0.29, 0.717) is 5.41 Å². The third kappa shape index (κ3) is 1.95. The third-order valence-corrected chi connectivity index (χ3v) is 6.60. The second-order valence-corrected chi connectivity index (χ2v) is 7.44. The van der Waals surface area contributed by atoms with E-state index in [0.717, 1.165) is 30.1 Å². The maximum Gasteiger partial charge on any atom is 0.0201 e. The fraction of sp³-hybridized carbons (Fsp3) is 0.700. The highest BCUT2D eigenvalue weighted by Gasteiger charge is 2.57. The quantitative estimate of drug-likeness (QED) is 0.504. The van der Waals surface area contributed by atoms with Crippen LogP contribution in [-0.4, -0.2) is 0 Å². The van der Waals surface area contributed by atoms with Crippen LogP contribution >= 0.6 is 0 Å². The van der Waals surface area contributed by atoms with Crippen molar-refractivity contribution in [3.63, 3.8) is 0 Å². The Bertz CT molecular complexity index is 478. The van der Waals surface area contributed by atoms with Crippen molar-refractivity contribution in [3.8, 4) is 0 Å². The van der Waals surface area contributed by atoms with Gasteiger partial charge in [-0.05, 0) is 48.9 Å². The minimum Gasteiger partial charge on any atom is -0.103 e. The first-order valence-corrected chi connectivity index (χ1v) is 8.64. The molecule has 3 rings (SSSR count). The summed E-state index contributed by atoms with van der Waals surface area (Å²) >= 11 is 0. The summed E-state index contributed by atoms with van der Waals surface area (Å²) in [6, 6.07) is 0. The highest BCUT2D eigenvalue weighted by molar-refractivity contribution is 5.55. The van der Waals surface area contributed by atoms with Crippen molar-refractivity contribution in [2.24, 2.45) is 29.1 Å². The Morgan fingerprint density at radius 2 is 2.15 bits per heavy atom. The van der Waals surface area contributed by atoms with Crippen LogP contribution < -0.4 is 0 Å². The monoisotopic (exact) mass is 270 g/mol. The van der Waals surface area contributed by atoms with E-state index >= 15 is 0 Å². The molecule has 0 saturated heterocycles. The lowest BCUT2D eigenvalue weighted by molar-refractivity contribution is 0.225. The van der Waals surface area contributed by atoms with Crippen LogP contribution in [0.25, 0.3) is 0 Å². The van der Waals surface area contributed by atoms with E-state index in [1.165, 1.54) is 25.7 Å². The summed E-state index contributed by atoms with van der Waals surface area (Å²) in [5, 5.41) is 0. The molecule has 0 aromatic carbocycles. The molecular formula is C20H30. The van der Waals surface area contributed by atoms with Crippen LogP contribution in [0, 0.1) is 29.1 Å². The molecule has 0 aliphatic heterocycles. The van der Waals surface area contributed by atoms with Crippen LogP contribution in [0.1, 0.15) is 59.8 Å². The Labute approximate surface area is 125 Å². The zero-order valence-electron chi connectivity index (χ0n) is 13.7. The lowest BCUT2D eigenvalue weighted by atomic mass is 9.63. The van der Waals surface area contributed by atoms with Gasteiger partial charge in [0.2, 0.25) is 0 Å². The largest absolute Gasteiger partial charge is 0.103 e. The van der Waals surface area contributed by atoms with Crippen LogP contribution in [0.5, 0.6) is 0 Å². The normalized spacial score (nSPS) is 34.6. The van der Waals surface area contributed by atoms with Crippen molar-refractivity contribution in [1.29, 1.82) is 0 Å². The van der Waals surface area contributed by atoms with Crippen molar-refractivity contribution in [2.75, 3.05) is 0 Å².